The third-order valence-corrected chi connectivity index (χ3v) is 2.90. The van der Waals surface area contributed by atoms with Crippen LogP contribution in [0.15, 0.2) is 60.7 Å². The standard InChI is InChI=1S/C14H14O8/c15-13(20-16,11-7-3-1-4-8-11)19-14(21-17,22-18)12-9-5-2-6-10-12/h1-10,15-18H. The first-order chi connectivity index (χ1) is 10.6. The van der Waals surface area contributed by atoms with Crippen LogP contribution in [0.2, 0.25) is 0 Å². The maximum atomic E-state index is 10.3. The molecule has 118 valence electrons. The maximum absolute atomic E-state index is 10.3. The van der Waals surface area contributed by atoms with Crippen LogP contribution in [-0.2, 0) is 31.3 Å². The van der Waals surface area contributed by atoms with Crippen LogP contribution in [0.3, 0.4) is 0 Å². The molecule has 0 bridgehead atoms. The molecule has 0 heterocycles. The predicted molar refractivity (Wildman–Crippen MR) is 70.7 cm³/mol. The fourth-order valence-corrected chi connectivity index (χ4v) is 1.82. The minimum absolute atomic E-state index is 0.0218. The molecule has 0 aromatic heterocycles. The van der Waals surface area contributed by atoms with Crippen molar-refractivity contribution in [3.63, 3.8) is 0 Å². The van der Waals surface area contributed by atoms with Crippen molar-refractivity contribution in [3.05, 3.63) is 71.8 Å². The fraction of sp³-hybridized carbons (Fsp3) is 0.143. The molecule has 22 heavy (non-hydrogen) atoms. The van der Waals surface area contributed by atoms with Crippen LogP contribution in [0.25, 0.3) is 0 Å². The molecule has 0 amide bonds. The summed E-state index contributed by atoms with van der Waals surface area (Å²) in [7, 11) is 0. The smallest absolute Gasteiger partial charge is 0.337 e. The lowest BCUT2D eigenvalue weighted by Crippen LogP contribution is -2.45. The average Bonchev–Trinajstić information content (AvgIpc) is 2.61. The van der Waals surface area contributed by atoms with Gasteiger partial charge in [-0.1, -0.05) is 60.7 Å². The molecular formula is C14H14O8. The molecule has 0 spiro atoms. The van der Waals surface area contributed by atoms with E-state index in [0.717, 1.165) is 0 Å². The molecule has 2 rings (SSSR count). The summed E-state index contributed by atoms with van der Waals surface area (Å²) in [6, 6.07) is 14.9. The highest BCUT2D eigenvalue weighted by atomic mass is 17.3. The molecule has 2 aromatic carbocycles. The summed E-state index contributed by atoms with van der Waals surface area (Å²) in [4.78, 5) is 12.0. The molecule has 0 saturated heterocycles. The van der Waals surface area contributed by atoms with Gasteiger partial charge in [0.05, 0.1) is 0 Å². The second-order valence-corrected chi connectivity index (χ2v) is 4.25. The topological polar surface area (TPSA) is 118 Å². The lowest BCUT2D eigenvalue weighted by molar-refractivity contribution is -0.640. The van der Waals surface area contributed by atoms with E-state index in [4.69, 9.17) is 20.5 Å². The number of aliphatic hydroxyl groups is 1. The van der Waals surface area contributed by atoms with Crippen molar-refractivity contribution in [2.75, 3.05) is 0 Å². The normalized spacial score (nSPS) is 14.5. The molecule has 4 N–H and O–H groups in total. The molecule has 0 saturated carbocycles. The van der Waals surface area contributed by atoms with Gasteiger partial charge in [-0.15, -0.1) is 0 Å². The van der Waals surface area contributed by atoms with E-state index in [1.807, 2.05) is 0 Å². The Morgan fingerprint density at radius 2 is 1.09 bits per heavy atom. The van der Waals surface area contributed by atoms with Crippen molar-refractivity contribution < 1.29 is 40.3 Å². The monoisotopic (exact) mass is 310 g/mol. The zero-order chi connectivity index (χ0) is 16.1. The van der Waals surface area contributed by atoms with Gasteiger partial charge >= 0.3 is 11.9 Å². The van der Waals surface area contributed by atoms with E-state index in [0.29, 0.717) is 0 Å². The van der Waals surface area contributed by atoms with Gasteiger partial charge in [-0.3, -0.25) is 4.74 Å². The summed E-state index contributed by atoms with van der Waals surface area (Å²) in [6.45, 7) is 0. The first kappa shape index (κ1) is 16.5. The van der Waals surface area contributed by atoms with Crippen molar-refractivity contribution in [2.24, 2.45) is 0 Å². The Labute approximate surface area is 125 Å². The molecule has 0 aliphatic carbocycles. The zero-order valence-corrected chi connectivity index (χ0v) is 11.2. The Kier molecular flexibility index (Phi) is 5.19. The number of hydrogen-bond acceptors (Lipinski definition) is 8. The fourth-order valence-electron chi connectivity index (χ4n) is 1.82. The third kappa shape index (κ3) is 3.14. The SMILES string of the molecule is OOC(O)(OC(OO)(OO)c1ccccc1)c1ccccc1. The lowest BCUT2D eigenvalue weighted by Gasteiger charge is -2.34. The van der Waals surface area contributed by atoms with E-state index < -0.39 is 11.9 Å². The summed E-state index contributed by atoms with van der Waals surface area (Å²) in [5, 5.41) is 37.4. The van der Waals surface area contributed by atoms with Gasteiger partial charge in [0, 0.05) is 11.1 Å². The van der Waals surface area contributed by atoms with E-state index in [1.54, 1.807) is 12.1 Å². The van der Waals surface area contributed by atoms with Gasteiger partial charge in [0.2, 0.25) is 0 Å². The summed E-state index contributed by atoms with van der Waals surface area (Å²) in [5.74, 6) is -5.45. The maximum Gasteiger partial charge on any atom is 0.370 e. The average molecular weight is 310 g/mol. The highest BCUT2D eigenvalue weighted by molar-refractivity contribution is 5.21. The minimum Gasteiger partial charge on any atom is -0.337 e. The van der Waals surface area contributed by atoms with Crippen LogP contribution >= 0.6 is 0 Å². The minimum atomic E-state index is -2.79. The molecule has 2 aromatic rings. The van der Waals surface area contributed by atoms with Gasteiger partial charge in [-0.25, -0.2) is 15.8 Å². The highest BCUT2D eigenvalue weighted by Crippen LogP contribution is 2.36. The molecule has 8 heteroatoms. The van der Waals surface area contributed by atoms with Crippen molar-refractivity contribution in [1.29, 1.82) is 0 Å². The van der Waals surface area contributed by atoms with Gasteiger partial charge in [-0.05, 0) is 0 Å². The second kappa shape index (κ2) is 6.92. The van der Waals surface area contributed by atoms with Crippen LogP contribution in [0.5, 0.6) is 0 Å². The number of hydrogen-bond donors (Lipinski definition) is 4. The number of benzene rings is 2. The molecule has 0 fully saturated rings. The van der Waals surface area contributed by atoms with Crippen LogP contribution in [0.1, 0.15) is 11.1 Å². The highest BCUT2D eigenvalue weighted by Gasteiger charge is 2.49. The Morgan fingerprint density at radius 1 is 0.636 bits per heavy atom. The van der Waals surface area contributed by atoms with Crippen LogP contribution in [0, 0.1) is 0 Å². The van der Waals surface area contributed by atoms with E-state index in [1.165, 1.54) is 48.5 Å². The van der Waals surface area contributed by atoms with Gasteiger partial charge in [0.1, 0.15) is 0 Å². The summed E-state index contributed by atoms with van der Waals surface area (Å²) < 4.78 is 4.98. The van der Waals surface area contributed by atoms with E-state index in [9.17, 15) is 5.11 Å². The van der Waals surface area contributed by atoms with Crippen molar-refractivity contribution in [3.8, 4) is 0 Å². The molecule has 0 aliphatic rings. The van der Waals surface area contributed by atoms with Gasteiger partial charge in [0.15, 0.2) is 0 Å². The Morgan fingerprint density at radius 3 is 1.50 bits per heavy atom. The van der Waals surface area contributed by atoms with Crippen molar-refractivity contribution >= 4 is 0 Å². The lowest BCUT2D eigenvalue weighted by atomic mass is 10.1. The Balaban J connectivity index is 2.42. The molecule has 0 radical (unpaired) electrons. The third-order valence-electron chi connectivity index (χ3n) is 2.90. The Bertz CT molecular complexity index is 572. The first-order valence-electron chi connectivity index (χ1n) is 6.11. The van der Waals surface area contributed by atoms with Crippen LogP contribution < -0.4 is 0 Å². The van der Waals surface area contributed by atoms with Crippen molar-refractivity contribution in [1.82, 2.24) is 0 Å². The summed E-state index contributed by atoms with van der Waals surface area (Å²) >= 11 is 0. The number of rotatable bonds is 7. The Hall–Kier alpha value is -1.88. The van der Waals surface area contributed by atoms with Crippen LogP contribution in [-0.4, -0.2) is 20.9 Å². The molecule has 1 atom stereocenters. The van der Waals surface area contributed by atoms with Gasteiger partial charge in [-0.2, -0.15) is 14.7 Å². The predicted octanol–water partition coefficient (Wildman–Crippen LogP) is 2.09. The van der Waals surface area contributed by atoms with Crippen LogP contribution in [0.4, 0.5) is 0 Å². The second-order valence-electron chi connectivity index (χ2n) is 4.25. The first-order valence-corrected chi connectivity index (χ1v) is 6.11. The van der Waals surface area contributed by atoms with E-state index in [2.05, 4.69) is 14.7 Å². The van der Waals surface area contributed by atoms with E-state index in [-0.39, 0.29) is 11.1 Å². The molecule has 1 unspecified atom stereocenters. The molecular weight excluding hydrogens is 296 g/mol. The largest absolute Gasteiger partial charge is 0.370 e. The summed E-state index contributed by atoms with van der Waals surface area (Å²) in [6.07, 6.45) is 0. The summed E-state index contributed by atoms with van der Waals surface area (Å²) in [5.41, 5.74) is -0.0710. The van der Waals surface area contributed by atoms with Gasteiger partial charge < -0.3 is 5.11 Å². The zero-order valence-electron chi connectivity index (χ0n) is 11.2. The quantitative estimate of drug-likeness (QED) is 0.349. The van der Waals surface area contributed by atoms with Gasteiger partial charge in [0.25, 0.3) is 0 Å². The van der Waals surface area contributed by atoms with Crippen molar-refractivity contribution in [2.45, 2.75) is 11.9 Å². The van der Waals surface area contributed by atoms with E-state index >= 15 is 0 Å². The number of ether oxygens (including phenoxy) is 1. The molecule has 8 nitrogen and oxygen atoms in total. The molecule has 0 aliphatic heterocycles.